The predicted molar refractivity (Wildman–Crippen MR) is 97.1 cm³/mol. The largest absolute Gasteiger partial charge is 0.370 e. The molecule has 0 aliphatic heterocycles. The highest BCUT2D eigenvalue weighted by molar-refractivity contribution is 7.90. The van der Waals surface area contributed by atoms with E-state index < -0.39 is 31.2 Å². The van der Waals surface area contributed by atoms with Crippen molar-refractivity contribution < 1.29 is 17.6 Å². The second-order valence-corrected chi connectivity index (χ2v) is 9.00. The molecule has 25 heavy (non-hydrogen) atoms. The summed E-state index contributed by atoms with van der Waals surface area (Å²) in [5, 5.41) is 11.0. The molecule has 9 heteroatoms. The molecule has 0 aliphatic rings. The van der Waals surface area contributed by atoms with E-state index in [9.17, 15) is 22.7 Å². The van der Waals surface area contributed by atoms with Crippen molar-refractivity contribution in [3.05, 3.63) is 58.1 Å². The average molecular weight is 382 g/mol. The molecule has 0 amide bonds. The Hall–Kier alpha value is -2.26. The van der Waals surface area contributed by atoms with Gasteiger partial charge in [0.2, 0.25) is 0 Å². The van der Waals surface area contributed by atoms with E-state index in [4.69, 9.17) is 0 Å². The van der Waals surface area contributed by atoms with Gasteiger partial charge in [0.15, 0.2) is 9.84 Å². The second-order valence-electron chi connectivity index (χ2n) is 5.64. The van der Waals surface area contributed by atoms with Gasteiger partial charge in [-0.15, -0.1) is 0 Å². The molecule has 7 nitrogen and oxygen atoms in total. The number of benzene rings is 2. The van der Waals surface area contributed by atoms with Gasteiger partial charge < -0.3 is 4.90 Å². The standard InChI is InChI=1S/C16H18N2O5S2/c1-17(11-12-4-7-14(8-5-12)24(2)21)13-6-9-15(18(19)20)16(10-13)25(3,22)23/h4-10H,11H2,1-3H3. The summed E-state index contributed by atoms with van der Waals surface area (Å²) < 4.78 is 35.1. The van der Waals surface area contributed by atoms with Gasteiger partial charge in [-0.1, -0.05) is 12.1 Å². The van der Waals surface area contributed by atoms with Crippen LogP contribution in [0.2, 0.25) is 0 Å². The SMILES string of the molecule is CN(Cc1ccc(S(C)=O)cc1)c1ccc([N+](=O)[O-])c(S(C)(=O)=O)c1. The highest BCUT2D eigenvalue weighted by Crippen LogP contribution is 2.29. The first-order valence-corrected chi connectivity index (χ1v) is 10.7. The molecule has 0 radical (unpaired) electrons. The summed E-state index contributed by atoms with van der Waals surface area (Å²) in [6, 6.07) is 11.3. The minimum absolute atomic E-state index is 0.307. The molecule has 0 heterocycles. The number of nitrogens with zero attached hydrogens (tertiary/aromatic N) is 2. The zero-order valence-electron chi connectivity index (χ0n) is 14.0. The van der Waals surface area contributed by atoms with E-state index in [1.54, 1.807) is 30.3 Å². The molecule has 0 saturated carbocycles. The van der Waals surface area contributed by atoms with Crippen LogP contribution in [0.25, 0.3) is 0 Å². The van der Waals surface area contributed by atoms with Crippen LogP contribution in [0.5, 0.6) is 0 Å². The number of hydrogen-bond acceptors (Lipinski definition) is 6. The smallest absolute Gasteiger partial charge is 0.288 e. The van der Waals surface area contributed by atoms with E-state index in [1.165, 1.54) is 18.2 Å². The van der Waals surface area contributed by atoms with Gasteiger partial charge in [-0.2, -0.15) is 0 Å². The second kappa shape index (κ2) is 7.32. The topological polar surface area (TPSA) is 97.6 Å². The molecule has 0 saturated heterocycles. The first-order chi connectivity index (χ1) is 11.6. The van der Waals surface area contributed by atoms with Gasteiger partial charge in [0.25, 0.3) is 5.69 Å². The Morgan fingerprint density at radius 3 is 2.24 bits per heavy atom. The number of rotatable bonds is 6. The molecule has 0 bridgehead atoms. The van der Waals surface area contributed by atoms with Crippen LogP contribution < -0.4 is 4.90 Å². The maximum absolute atomic E-state index is 11.8. The van der Waals surface area contributed by atoms with Gasteiger partial charge in [0.05, 0.1) is 4.92 Å². The van der Waals surface area contributed by atoms with Gasteiger partial charge in [-0.25, -0.2) is 8.42 Å². The fraction of sp³-hybridized carbons (Fsp3) is 0.250. The molecule has 2 aromatic rings. The lowest BCUT2D eigenvalue weighted by Gasteiger charge is -2.20. The van der Waals surface area contributed by atoms with Gasteiger partial charge in [-0.3, -0.25) is 14.3 Å². The summed E-state index contributed by atoms with van der Waals surface area (Å²) in [4.78, 5) is 12.5. The van der Waals surface area contributed by atoms with Crippen molar-refractivity contribution in [3.63, 3.8) is 0 Å². The fourth-order valence-corrected chi connectivity index (χ4v) is 3.72. The van der Waals surface area contributed by atoms with Crippen LogP contribution in [-0.2, 0) is 27.2 Å². The van der Waals surface area contributed by atoms with E-state index in [0.29, 0.717) is 12.2 Å². The van der Waals surface area contributed by atoms with Crippen molar-refractivity contribution in [1.29, 1.82) is 0 Å². The third-order valence-corrected chi connectivity index (χ3v) is 5.72. The summed E-state index contributed by atoms with van der Waals surface area (Å²) in [6.45, 7) is 0.470. The van der Waals surface area contributed by atoms with Crippen LogP contribution in [0.15, 0.2) is 52.3 Å². The summed E-state index contributed by atoms with van der Waals surface area (Å²) in [5.41, 5.74) is 1.06. The van der Waals surface area contributed by atoms with Crippen molar-refractivity contribution in [2.75, 3.05) is 24.5 Å². The van der Waals surface area contributed by atoms with Gasteiger partial charge in [0.1, 0.15) is 4.90 Å². The van der Waals surface area contributed by atoms with E-state index in [-0.39, 0.29) is 4.90 Å². The lowest BCUT2D eigenvalue weighted by molar-refractivity contribution is -0.387. The van der Waals surface area contributed by atoms with Crippen molar-refractivity contribution >= 4 is 32.0 Å². The number of nitro groups is 1. The highest BCUT2D eigenvalue weighted by atomic mass is 32.2. The zero-order valence-corrected chi connectivity index (χ0v) is 15.6. The van der Waals surface area contributed by atoms with Crippen molar-refractivity contribution in [1.82, 2.24) is 0 Å². The van der Waals surface area contributed by atoms with Gasteiger partial charge in [-0.05, 0) is 29.8 Å². The molecular weight excluding hydrogens is 364 g/mol. The Kier molecular flexibility index (Phi) is 5.58. The third-order valence-electron chi connectivity index (χ3n) is 3.66. The minimum atomic E-state index is -3.72. The van der Waals surface area contributed by atoms with E-state index in [0.717, 1.165) is 16.7 Å². The van der Waals surface area contributed by atoms with Crippen LogP contribution in [0, 0.1) is 10.1 Å². The van der Waals surface area contributed by atoms with Crippen LogP contribution in [0.3, 0.4) is 0 Å². The third kappa shape index (κ3) is 4.64. The summed E-state index contributed by atoms with van der Waals surface area (Å²) in [7, 11) is -3.01. The summed E-state index contributed by atoms with van der Waals surface area (Å²) in [6.07, 6.45) is 2.55. The monoisotopic (exact) mass is 382 g/mol. The molecule has 0 spiro atoms. The number of sulfone groups is 1. The Bertz CT molecular complexity index is 924. The number of anilines is 1. The quantitative estimate of drug-likeness (QED) is 0.562. The predicted octanol–water partition coefficient (Wildman–Crippen LogP) is 2.37. The Morgan fingerprint density at radius 2 is 1.76 bits per heavy atom. The summed E-state index contributed by atoms with van der Waals surface area (Å²) in [5.74, 6) is 0. The molecular formula is C16H18N2O5S2. The maximum atomic E-state index is 11.8. The normalized spacial score (nSPS) is 12.6. The maximum Gasteiger partial charge on any atom is 0.288 e. The van der Waals surface area contributed by atoms with Gasteiger partial charge >= 0.3 is 0 Å². The van der Waals surface area contributed by atoms with Crippen molar-refractivity contribution in [2.45, 2.75) is 16.3 Å². The molecule has 2 rings (SSSR count). The fourth-order valence-electron chi connectivity index (χ4n) is 2.34. The van der Waals surface area contributed by atoms with Crippen LogP contribution >= 0.6 is 0 Å². The average Bonchev–Trinajstić information content (AvgIpc) is 2.53. The lowest BCUT2D eigenvalue weighted by Crippen LogP contribution is -2.17. The first-order valence-electron chi connectivity index (χ1n) is 7.21. The van der Waals surface area contributed by atoms with Crippen LogP contribution in [0.4, 0.5) is 11.4 Å². The molecule has 134 valence electrons. The number of nitro benzene ring substituents is 1. The van der Waals surface area contributed by atoms with Crippen LogP contribution in [0.1, 0.15) is 5.56 Å². The number of hydrogen-bond donors (Lipinski definition) is 0. The molecule has 2 aromatic carbocycles. The van der Waals surface area contributed by atoms with Crippen molar-refractivity contribution in [3.8, 4) is 0 Å². The van der Waals surface area contributed by atoms with E-state index in [1.807, 2.05) is 12.1 Å². The molecule has 1 unspecified atom stereocenters. The Balaban J connectivity index is 2.31. The Labute approximate surface area is 148 Å². The van der Waals surface area contributed by atoms with E-state index >= 15 is 0 Å². The zero-order chi connectivity index (χ0) is 18.8. The van der Waals surface area contributed by atoms with Gasteiger partial charge in [0, 0.05) is 53.6 Å². The molecule has 0 N–H and O–H groups in total. The van der Waals surface area contributed by atoms with Crippen molar-refractivity contribution in [2.24, 2.45) is 0 Å². The minimum Gasteiger partial charge on any atom is -0.370 e. The first kappa shape index (κ1) is 19.1. The molecule has 0 aromatic heterocycles. The summed E-state index contributed by atoms with van der Waals surface area (Å²) >= 11 is 0. The van der Waals surface area contributed by atoms with E-state index in [2.05, 4.69) is 0 Å². The Morgan fingerprint density at radius 1 is 1.16 bits per heavy atom. The molecule has 1 atom stereocenters. The van der Waals surface area contributed by atoms with Crippen LogP contribution in [-0.4, -0.2) is 37.1 Å². The molecule has 0 aliphatic carbocycles. The molecule has 0 fully saturated rings. The highest BCUT2D eigenvalue weighted by Gasteiger charge is 2.23. The lowest BCUT2D eigenvalue weighted by atomic mass is 10.2.